The van der Waals surface area contributed by atoms with Crippen molar-refractivity contribution in [1.82, 2.24) is 4.90 Å². The second-order valence-corrected chi connectivity index (χ2v) is 5.33. The van der Waals surface area contributed by atoms with Crippen LogP contribution in [-0.2, 0) is 19.1 Å². The van der Waals surface area contributed by atoms with Crippen molar-refractivity contribution >= 4 is 17.7 Å². The summed E-state index contributed by atoms with van der Waals surface area (Å²) in [5.41, 5.74) is 4.66. The van der Waals surface area contributed by atoms with E-state index in [0.717, 1.165) is 0 Å². The molecule has 1 aliphatic rings. The summed E-state index contributed by atoms with van der Waals surface area (Å²) in [6.07, 6.45) is 0.283. The van der Waals surface area contributed by atoms with Gasteiger partial charge in [-0.05, 0) is 20.8 Å². The molecule has 0 aliphatic carbocycles. The van der Waals surface area contributed by atoms with Crippen LogP contribution in [0, 0.1) is 0 Å². The lowest BCUT2D eigenvalue weighted by atomic mass is 10.0. The third kappa shape index (κ3) is 3.80. The maximum Gasteiger partial charge on any atom is 0.329 e. The maximum atomic E-state index is 12.0. The average molecular weight is 256 g/mol. The highest BCUT2D eigenvalue weighted by atomic mass is 16.6. The lowest BCUT2D eigenvalue weighted by Gasteiger charge is -2.34. The summed E-state index contributed by atoms with van der Waals surface area (Å²) in [4.78, 5) is 36.4. The number of piperidine rings is 1. The number of esters is 1. The smallest absolute Gasteiger partial charge is 0.329 e. The van der Waals surface area contributed by atoms with E-state index < -0.39 is 17.6 Å². The normalized spacial score (nSPS) is 20.8. The van der Waals surface area contributed by atoms with Gasteiger partial charge in [0.15, 0.2) is 0 Å². The van der Waals surface area contributed by atoms with Crippen LogP contribution in [0.5, 0.6) is 0 Å². The molecule has 0 spiro atoms. The first-order valence-electron chi connectivity index (χ1n) is 5.98. The van der Waals surface area contributed by atoms with E-state index in [4.69, 9.17) is 10.5 Å². The molecule has 1 amide bonds. The zero-order chi connectivity index (χ0) is 13.9. The average Bonchev–Trinajstić information content (AvgIpc) is 2.25. The van der Waals surface area contributed by atoms with Gasteiger partial charge in [-0.2, -0.15) is 0 Å². The first-order chi connectivity index (χ1) is 8.24. The van der Waals surface area contributed by atoms with Gasteiger partial charge in [-0.25, -0.2) is 4.79 Å². The predicted molar refractivity (Wildman–Crippen MR) is 64.6 cm³/mol. The van der Waals surface area contributed by atoms with Crippen LogP contribution in [0.3, 0.4) is 0 Å². The number of Topliss-reactive ketones (excluding diaryl/α,β-unsaturated/α-hetero) is 1. The van der Waals surface area contributed by atoms with Crippen molar-refractivity contribution < 1.29 is 19.1 Å². The molecule has 1 fully saturated rings. The van der Waals surface area contributed by atoms with E-state index >= 15 is 0 Å². The highest BCUT2D eigenvalue weighted by Gasteiger charge is 2.37. The second kappa shape index (κ2) is 5.48. The Morgan fingerprint density at radius 1 is 1.44 bits per heavy atom. The standard InChI is InChI=1S/C12H20N2O4/c1-12(2,3)18-11(17)9-6-8(15)4-5-14(9)10(16)7-13/h9H,4-7,13H2,1-3H3. The third-order valence-corrected chi connectivity index (χ3v) is 2.60. The summed E-state index contributed by atoms with van der Waals surface area (Å²) in [6, 6.07) is -0.832. The fourth-order valence-electron chi connectivity index (χ4n) is 1.83. The van der Waals surface area contributed by atoms with Crippen LogP contribution in [0.25, 0.3) is 0 Å². The molecule has 1 unspecified atom stereocenters. The molecular formula is C12H20N2O4. The number of ether oxygens (including phenoxy) is 1. The van der Waals surface area contributed by atoms with Gasteiger partial charge in [-0.1, -0.05) is 0 Å². The minimum Gasteiger partial charge on any atom is -0.458 e. The number of rotatable bonds is 2. The molecule has 1 heterocycles. The molecule has 0 aromatic heterocycles. The third-order valence-electron chi connectivity index (χ3n) is 2.60. The van der Waals surface area contributed by atoms with Gasteiger partial charge in [0.25, 0.3) is 0 Å². The molecule has 102 valence electrons. The van der Waals surface area contributed by atoms with Crippen LogP contribution in [0.1, 0.15) is 33.6 Å². The van der Waals surface area contributed by atoms with Gasteiger partial charge in [0.05, 0.1) is 6.54 Å². The van der Waals surface area contributed by atoms with Crippen LogP contribution in [0.4, 0.5) is 0 Å². The molecule has 0 saturated carbocycles. The van der Waals surface area contributed by atoms with Crippen LogP contribution in [0.15, 0.2) is 0 Å². The minimum atomic E-state index is -0.832. The highest BCUT2D eigenvalue weighted by Crippen LogP contribution is 2.19. The summed E-state index contributed by atoms with van der Waals surface area (Å²) in [6.45, 7) is 5.28. The van der Waals surface area contributed by atoms with Gasteiger partial charge in [-0.3, -0.25) is 9.59 Å². The molecule has 2 N–H and O–H groups in total. The SMILES string of the molecule is CC(C)(C)OC(=O)C1CC(=O)CCN1C(=O)CN. The zero-order valence-corrected chi connectivity index (χ0v) is 11.1. The van der Waals surface area contributed by atoms with Crippen LogP contribution in [-0.4, -0.2) is 47.3 Å². The molecule has 18 heavy (non-hydrogen) atoms. The molecule has 6 heteroatoms. The number of hydrogen-bond acceptors (Lipinski definition) is 5. The number of ketones is 1. The van der Waals surface area contributed by atoms with Gasteiger partial charge in [0, 0.05) is 19.4 Å². The van der Waals surface area contributed by atoms with Gasteiger partial charge in [0.2, 0.25) is 5.91 Å². The van der Waals surface area contributed by atoms with E-state index in [0.29, 0.717) is 0 Å². The van der Waals surface area contributed by atoms with Crippen molar-refractivity contribution in [1.29, 1.82) is 0 Å². The Hall–Kier alpha value is -1.43. The summed E-state index contributed by atoms with van der Waals surface area (Å²) in [5.74, 6) is -0.914. The van der Waals surface area contributed by atoms with E-state index in [-0.39, 0.29) is 37.6 Å². The number of likely N-dealkylation sites (tertiary alicyclic amines) is 1. The van der Waals surface area contributed by atoms with E-state index in [1.807, 2.05) is 0 Å². The Morgan fingerprint density at radius 2 is 2.06 bits per heavy atom. The fraction of sp³-hybridized carbons (Fsp3) is 0.750. The summed E-state index contributed by atoms with van der Waals surface area (Å²) >= 11 is 0. The minimum absolute atomic E-state index is 0.0145. The largest absolute Gasteiger partial charge is 0.458 e. The maximum absolute atomic E-state index is 12.0. The predicted octanol–water partition coefficient (Wildman–Crippen LogP) is -0.153. The Morgan fingerprint density at radius 3 is 2.56 bits per heavy atom. The van der Waals surface area contributed by atoms with Crippen molar-refractivity contribution in [2.24, 2.45) is 5.73 Å². The number of hydrogen-bond donors (Lipinski definition) is 1. The highest BCUT2D eigenvalue weighted by molar-refractivity contribution is 5.92. The number of carbonyl (C=O) groups is 3. The van der Waals surface area contributed by atoms with E-state index in [9.17, 15) is 14.4 Å². The summed E-state index contributed by atoms with van der Waals surface area (Å²) in [7, 11) is 0. The fourth-order valence-corrected chi connectivity index (χ4v) is 1.83. The van der Waals surface area contributed by atoms with Crippen LogP contribution in [0.2, 0.25) is 0 Å². The van der Waals surface area contributed by atoms with Crippen molar-refractivity contribution in [3.8, 4) is 0 Å². The molecule has 1 saturated heterocycles. The Bertz CT molecular complexity index is 360. The lowest BCUT2D eigenvalue weighted by molar-refractivity contribution is -0.167. The quantitative estimate of drug-likeness (QED) is 0.694. The second-order valence-electron chi connectivity index (χ2n) is 5.33. The van der Waals surface area contributed by atoms with Crippen LogP contribution < -0.4 is 5.73 Å². The number of nitrogens with zero attached hydrogens (tertiary/aromatic N) is 1. The molecule has 1 atom stereocenters. The Balaban J connectivity index is 2.82. The van der Waals surface area contributed by atoms with Crippen LogP contribution >= 0.6 is 0 Å². The molecule has 0 radical (unpaired) electrons. The molecule has 1 aliphatic heterocycles. The van der Waals surface area contributed by atoms with Gasteiger partial charge in [-0.15, -0.1) is 0 Å². The van der Waals surface area contributed by atoms with E-state index in [1.54, 1.807) is 20.8 Å². The molecule has 0 aromatic carbocycles. The van der Waals surface area contributed by atoms with Gasteiger partial charge < -0.3 is 15.4 Å². The lowest BCUT2D eigenvalue weighted by Crippen LogP contribution is -2.53. The summed E-state index contributed by atoms with van der Waals surface area (Å²) in [5, 5.41) is 0. The Labute approximate surface area is 106 Å². The monoisotopic (exact) mass is 256 g/mol. The van der Waals surface area contributed by atoms with E-state index in [2.05, 4.69) is 0 Å². The first kappa shape index (κ1) is 14.6. The summed E-state index contributed by atoms with van der Waals surface area (Å²) < 4.78 is 5.22. The van der Waals surface area contributed by atoms with Gasteiger partial charge >= 0.3 is 5.97 Å². The molecule has 1 rings (SSSR count). The van der Waals surface area contributed by atoms with Crippen molar-refractivity contribution in [2.45, 2.75) is 45.3 Å². The van der Waals surface area contributed by atoms with Crippen molar-refractivity contribution in [2.75, 3.05) is 13.1 Å². The molecular weight excluding hydrogens is 236 g/mol. The van der Waals surface area contributed by atoms with Gasteiger partial charge in [0.1, 0.15) is 17.4 Å². The number of carbonyl (C=O) groups excluding carboxylic acids is 3. The Kier molecular flexibility index (Phi) is 4.45. The number of nitrogens with two attached hydrogens (primary N) is 1. The molecule has 0 aromatic rings. The van der Waals surface area contributed by atoms with Crippen molar-refractivity contribution in [3.63, 3.8) is 0 Å². The molecule has 0 bridgehead atoms. The number of amides is 1. The van der Waals surface area contributed by atoms with Crippen molar-refractivity contribution in [3.05, 3.63) is 0 Å². The topological polar surface area (TPSA) is 89.7 Å². The zero-order valence-electron chi connectivity index (χ0n) is 11.1. The first-order valence-corrected chi connectivity index (χ1v) is 5.98. The molecule has 6 nitrogen and oxygen atoms in total. The van der Waals surface area contributed by atoms with E-state index in [1.165, 1.54) is 4.90 Å².